The Kier molecular flexibility index (Phi) is 3.20. The van der Waals surface area contributed by atoms with E-state index >= 15 is 0 Å². The predicted molar refractivity (Wildman–Crippen MR) is 46.1 cm³/mol. The highest BCUT2D eigenvalue weighted by Gasteiger charge is 2.02. The van der Waals surface area contributed by atoms with Crippen molar-refractivity contribution in [2.24, 2.45) is 0 Å². The van der Waals surface area contributed by atoms with Crippen LogP contribution in [0, 0.1) is 0 Å². The molecule has 0 radical (unpaired) electrons. The van der Waals surface area contributed by atoms with E-state index in [-0.39, 0.29) is 5.78 Å². The number of Topliss-reactive ketones (excluding diaryl/α,β-unsaturated/α-hetero) is 1. The lowest BCUT2D eigenvalue weighted by molar-refractivity contribution is -0.107. The maximum absolute atomic E-state index is 11.2. The number of hydrogen-bond acceptors (Lipinski definition) is 2. The fourth-order valence-corrected chi connectivity index (χ4v) is 0.958. The van der Waals surface area contributed by atoms with Gasteiger partial charge in [0.2, 0.25) is 0 Å². The van der Waals surface area contributed by atoms with Gasteiger partial charge < -0.3 is 4.79 Å². The van der Waals surface area contributed by atoms with Gasteiger partial charge in [-0.1, -0.05) is 30.3 Å². The number of carbonyl (C=O) groups is 2. The van der Waals surface area contributed by atoms with E-state index in [1.165, 1.54) is 0 Å². The minimum atomic E-state index is 0.0303. The largest absolute Gasteiger partial charge is 0.303 e. The number of ketones is 1. The van der Waals surface area contributed by atoms with Gasteiger partial charge in [-0.25, -0.2) is 0 Å². The molecule has 1 aromatic carbocycles. The smallest absolute Gasteiger partial charge is 0.163 e. The van der Waals surface area contributed by atoms with Crippen LogP contribution in [0.5, 0.6) is 0 Å². The lowest BCUT2D eigenvalue weighted by Gasteiger charge is -1.95. The molecule has 1 rings (SSSR count). The van der Waals surface area contributed by atoms with E-state index in [0.717, 1.165) is 6.29 Å². The molecular weight excluding hydrogens is 152 g/mol. The first-order valence-corrected chi connectivity index (χ1v) is 3.86. The second kappa shape index (κ2) is 4.44. The van der Waals surface area contributed by atoms with Crippen molar-refractivity contribution in [1.29, 1.82) is 0 Å². The van der Waals surface area contributed by atoms with Crippen molar-refractivity contribution < 1.29 is 9.59 Å². The molecule has 2 nitrogen and oxygen atoms in total. The van der Waals surface area contributed by atoms with Crippen molar-refractivity contribution in [1.82, 2.24) is 0 Å². The van der Waals surface area contributed by atoms with Crippen LogP contribution in [0.25, 0.3) is 0 Å². The summed E-state index contributed by atoms with van der Waals surface area (Å²) < 4.78 is 0. The van der Waals surface area contributed by atoms with E-state index < -0.39 is 0 Å². The molecule has 0 aromatic heterocycles. The van der Waals surface area contributed by atoms with Crippen molar-refractivity contribution in [2.45, 2.75) is 12.8 Å². The summed E-state index contributed by atoms with van der Waals surface area (Å²) in [5.74, 6) is 0.0303. The van der Waals surface area contributed by atoms with E-state index in [1.54, 1.807) is 12.1 Å². The normalized spacial score (nSPS) is 9.33. The van der Waals surface area contributed by atoms with Crippen molar-refractivity contribution in [3.63, 3.8) is 0 Å². The van der Waals surface area contributed by atoms with E-state index in [0.29, 0.717) is 18.4 Å². The number of carbonyl (C=O) groups excluding carboxylic acids is 2. The molecule has 62 valence electrons. The third-order valence-electron chi connectivity index (χ3n) is 1.59. The van der Waals surface area contributed by atoms with Gasteiger partial charge in [-0.15, -0.1) is 0 Å². The van der Waals surface area contributed by atoms with Crippen molar-refractivity contribution in [3.05, 3.63) is 35.9 Å². The van der Waals surface area contributed by atoms with E-state index in [2.05, 4.69) is 0 Å². The van der Waals surface area contributed by atoms with Crippen molar-refractivity contribution in [2.75, 3.05) is 0 Å². The monoisotopic (exact) mass is 162 g/mol. The van der Waals surface area contributed by atoms with Crippen LogP contribution >= 0.6 is 0 Å². The summed E-state index contributed by atoms with van der Waals surface area (Å²) in [6.07, 6.45) is 1.39. The van der Waals surface area contributed by atoms with Gasteiger partial charge in [-0.05, 0) is 0 Å². The van der Waals surface area contributed by atoms with Gasteiger partial charge in [0.25, 0.3) is 0 Å². The first-order chi connectivity index (χ1) is 5.84. The second-order valence-corrected chi connectivity index (χ2v) is 2.49. The zero-order valence-electron chi connectivity index (χ0n) is 6.69. The van der Waals surface area contributed by atoms with Crippen LogP contribution in [-0.2, 0) is 4.79 Å². The highest BCUT2D eigenvalue weighted by molar-refractivity contribution is 5.96. The minimum Gasteiger partial charge on any atom is -0.303 e. The van der Waals surface area contributed by atoms with Crippen molar-refractivity contribution >= 4 is 12.1 Å². The Morgan fingerprint density at radius 2 is 1.92 bits per heavy atom. The van der Waals surface area contributed by atoms with Gasteiger partial charge in [0.1, 0.15) is 6.29 Å². The molecule has 2 heteroatoms. The number of hydrogen-bond donors (Lipinski definition) is 0. The molecule has 0 spiro atoms. The van der Waals surface area contributed by atoms with Gasteiger partial charge in [-0.3, -0.25) is 4.79 Å². The maximum Gasteiger partial charge on any atom is 0.163 e. The first-order valence-electron chi connectivity index (χ1n) is 3.86. The molecule has 0 atom stereocenters. The Balaban J connectivity index is 2.59. The summed E-state index contributed by atoms with van der Waals surface area (Å²) in [5.41, 5.74) is 0.680. The molecule has 0 saturated heterocycles. The molecule has 0 aliphatic rings. The molecule has 12 heavy (non-hydrogen) atoms. The molecular formula is C10H10O2. The number of benzene rings is 1. The lowest BCUT2D eigenvalue weighted by atomic mass is 10.1. The average Bonchev–Trinajstić information content (AvgIpc) is 2.15. The summed E-state index contributed by atoms with van der Waals surface area (Å²) in [6, 6.07) is 9.00. The van der Waals surface area contributed by atoms with Crippen LogP contribution in [0.4, 0.5) is 0 Å². The summed E-state index contributed by atoms with van der Waals surface area (Å²) in [6.45, 7) is 0. The Morgan fingerprint density at radius 1 is 1.25 bits per heavy atom. The van der Waals surface area contributed by atoms with Gasteiger partial charge in [0.05, 0.1) is 0 Å². The summed E-state index contributed by atoms with van der Waals surface area (Å²) in [4.78, 5) is 21.2. The Bertz CT molecular complexity index is 264. The van der Waals surface area contributed by atoms with Crippen molar-refractivity contribution in [3.8, 4) is 0 Å². The lowest BCUT2D eigenvalue weighted by Crippen LogP contribution is -1.98. The minimum absolute atomic E-state index is 0.0303. The van der Waals surface area contributed by atoms with Crippen LogP contribution in [0.1, 0.15) is 23.2 Å². The topological polar surface area (TPSA) is 34.1 Å². The highest BCUT2D eigenvalue weighted by atomic mass is 16.1. The molecule has 0 saturated carbocycles. The standard InChI is InChI=1S/C10H10O2/c11-8-4-7-10(12)9-5-2-1-3-6-9/h1-3,5-6,8H,4,7H2. The average molecular weight is 162 g/mol. The van der Waals surface area contributed by atoms with E-state index in [9.17, 15) is 9.59 Å². The molecule has 0 bridgehead atoms. The van der Waals surface area contributed by atoms with Crippen LogP contribution in [0.3, 0.4) is 0 Å². The van der Waals surface area contributed by atoms with E-state index in [4.69, 9.17) is 0 Å². The summed E-state index contributed by atoms with van der Waals surface area (Å²) in [7, 11) is 0. The Labute approximate surface area is 71.2 Å². The van der Waals surface area contributed by atoms with Crippen LogP contribution in [-0.4, -0.2) is 12.1 Å². The number of aldehydes is 1. The Morgan fingerprint density at radius 3 is 2.50 bits per heavy atom. The molecule has 0 unspecified atom stereocenters. The van der Waals surface area contributed by atoms with Crippen LogP contribution in [0.15, 0.2) is 30.3 Å². The van der Waals surface area contributed by atoms with Gasteiger partial charge in [0.15, 0.2) is 5.78 Å². The quantitative estimate of drug-likeness (QED) is 0.500. The fraction of sp³-hybridized carbons (Fsp3) is 0.200. The zero-order valence-corrected chi connectivity index (χ0v) is 6.69. The Hall–Kier alpha value is -1.44. The molecule has 0 fully saturated rings. The summed E-state index contributed by atoms with van der Waals surface area (Å²) >= 11 is 0. The molecule has 0 heterocycles. The third kappa shape index (κ3) is 2.31. The number of rotatable bonds is 4. The highest BCUT2D eigenvalue weighted by Crippen LogP contribution is 2.03. The molecule has 1 aromatic rings. The fourth-order valence-electron chi connectivity index (χ4n) is 0.958. The molecule has 0 aliphatic carbocycles. The third-order valence-corrected chi connectivity index (χ3v) is 1.59. The second-order valence-electron chi connectivity index (χ2n) is 2.49. The van der Waals surface area contributed by atoms with E-state index in [1.807, 2.05) is 18.2 Å². The van der Waals surface area contributed by atoms with Gasteiger partial charge in [0, 0.05) is 18.4 Å². The predicted octanol–water partition coefficient (Wildman–Crippen LogP) is 1.85. The molecule has 0 aliphatic heterocycles. The van der Waals surface area contributed by atoms with Gasteiger partial charge >= 0.3 is 0 Å². The maximum atomic E-state index is 11.2. The molecule has 0 amide bonds. The van der Waals surface area contributed by atoms with Gasteiger partial charge in [-0.2, -0.15) is 0 Å². The van der Waals surface area contributed by atoms with Crippen LogP contribution < -0.4 is 0 Å². The molecule has 0 N–H and O–H groups in total. The SMILES string of the molecule is O=CCCC(=O)c1ccccc1. The zero-order chi connectivity index (χ0) is 8.81. The summed E-state index contributed by atoms with van der Waals surface area (Å²) in [5, 5.41) is 0. The van der Waals surface area contributed by atoms with Crippen LogP contribution in [0.2, 0.25) is 0 Å². The first kappa shape index (κ1) is 8.65.